The number of benzene rings is 1. The van der Waals surface area contributed by atoms with Gasteiger partial charge in [-0.25, -0.2) is 14.4 Å². The van der Waals surface area contributed by atoms with Crippen LogP contribution in [0, 0.1) is 5.82 Å². The average Bonchev–Trinajstić information content (AvgIpc) is 2.28. The molecule has 0 aliphatic carbocycles. The summed E-state index contributed by atoms with van der Waals surface area (Å²) >= 11 is 11.4. The van der Waals surface area contributed by atoms with Gasteiger partial charge in [0.25, 0.3) is 0 Å². The monoisotopic (exact) mass is 272 g/mol. The van der Waals surface area contributed by atoms with Gasteiger partial charge in [0.1, 0.15) is 17.8 Å². The number of aromatic nitrogens is 2. The summed E-state index contributed by atoms with van der Waals surface area (Å²) in [7, 11) is 0. The fraction of sp³-hybridized carbons (Fsp3) is 0. The van der Waals surface area contributed by atoms with Crippen molar-refractivity contribution >= 4 is 40.4 Å². The average molecular weight is 273 g/mol. The molecule has 0 unspecified atom stereocenters. The van der Waals surface area contributed by atoms with Gasteiger partial charge in [-0.2, -0.15) is 0 Å². The maximum absolute atomic E-state index is 13.5. The molecule has 7 heteroatoms. The molecule has 0 saturated carbocycles. The lowest BCUT2D eigenvalue weighted by atomic mass is 10.3. The van der Waals surface area contributed by atoms with Crippen LogP contribution in [0.4, 0.5) is 21.6 Å². The number of rotatable bonds is 2. The molecular weight excluding hydrogens is 266 g/mol. The highest BCUT2D eigenvalue weighted by Gasteiger charge is 2.09. The predicted molar refractivity (Wildman–Crippen MR) is 66.1 cm³/mol. The molecule has 4 nitrogen and oxygen atoms in total. The zero-order chi connectivity index (χ0) is 12.4. The van der Waals surface area contributed by atoms with Gasteiger partial charge in [-0.05, 0) is 18.2 Å². The van der Waals surface area contributed by atoms with E-state index < -0.39 is 5.82 Å². The van der Waals surface area contributed by atoms with E-state index in [-0.39, 0.29) is 22.3 Å². The van der Waals surface area contributed by atoms with Crippen LogP contribution in [-0.2, 0) is 0 Å². The van der Waals surface area contributed by atoms with Crippen LogP contribution in [0.1, 0.15) is 0 Å². The molecule has 0 radical (unpaired) electrons. The van der Waals surface area contributed by atoms with Crippen LogP contribution in [0.2, 0.25) is 10.2 Å². The van der Waals surface area contributed by atoms with Crippen LogP contribution < -0.4 is 11.1 Å². The van der Waals surface area contributed by atoms with Crippen LogP contribution in [-0.4, -0.2) is 9.97 Å². The molecule has 0 aliphatic heterocycles. The van der Waals surface area contributed by atoms with Gasteiger partial charge in [0.15, 0.2) is 11.0 Å². The van der Waals surface area contributed by atoms with Crippen molar-refractivity contribution in [1.82, 2.24) is 9.97 Å². The summed E-state index contributed by atoms with van der Waals surface area (Å²) in [6.07, 6.45) is 1.23. The van der Waals surface area contributed by atoms with Crippen LogP contribution in [0.3, 0.4) is 0 Å². The van der Waals surface area contributed by atoms with E-state index in [9.17, 15) is 4.39 Å². The van der Waals surface area contributed by atoms with E-state index >= 15 is 0 Å². The maximum Gasteiger partial charge on any atom is 0.158 e. The Morgan fingerprint density at radius 2 is 2.00 bits per heavy atom. The molecule has 1 aromatic heterocycles. The van der Waals surface area contributed by atoms with Gasteiger partial charge in [0.05, 0.1) is 5.69 Å². The Balaban J connectivity index is 2.35. The highest BCUT2D eigenvalue weighted by atomic mass is 35.5. The van der Waals surface area contributed by atoms with Crippen LogP contribution >= 0.6 is 23.2 Å². The van der Waals surface area contributed by atoms with Crippen molar-refractivity contribution in [3.05, 3.63) is 40.5 Å². The Morgan fingerprint density at radius 3 is 2.71 bits per heavy atom. The predicted octanol–water partition coefficient (Wildman–Crippen LogP) is 3.25. The molecule has 3 N–H and O–H groups in total. The molecule has 1 heterocycles. The molecule has 2 rings (SSSR count). The van der Waals surface area contributed by atoms with E-state index in [2.05, 4.69) is 15.3 Å². The first-order chi connectivity index (χ1) is 8.08. The number of nitrogens with zero attached hydrogens (tertiary/aromatic N) is 2. The van der Waals surface area contributed by atoms with Gasteiger partial charge in [-0.1, -0.05) is 23.2 Å². The second-order valence-corrected chi connectivity index (χ2v) is 3.97. The van der Waals surface area contributed by atoms with E-state index in [0.717, 1.165) is 0 Å². The fourth-order valence-corrected chi connectivity index (χ4v) is 1.48. The molecule has 0 spiro atoms. The highest BCUT2D eigenvalue weighted by molar-refractivity contribution is 6.32. The number of hydrogen-bond donors (Lipinski definition) is 2. The molecule has 0 aliphatic rings. The van der Waals surface area contributed by atoms with Crippen LogP contribution in [0.15, 0.2) is 24.5 Å². The van der Waals surface area contributed by atoms with Crippen molar-refractivity contribution in [2.45, 2.75) is 0 Å². The zero-order valence-electron chi connectivity index (χ0n) is 8.42. The number of halogens is 3. The van der Waals surface area contributed by atoms with E-state index in [1.807, 2.05) is 0 Å². The number of nitrogen functional groups attached to an aromatic ring is 1. The van der Waals surface area contributed by atoms with Gasteiger partial charge in [-0.15, -0.1) is 0 Å². The molecule has 17 heavy (non-hydrogen) atoms. The third kappa shape index (κ3) is 2.57. The Hall–Kier alpha value is -1.59. The third-order valence-electron chi connectivity index (χ3n) is 2.02. The first-order valence-corrected chi connectivity index (χ1v) is 5.31. The van der Waals surface area contributed by atoms with Gasteiger partial charge >= 0.3 is 0 Å². The molecule has 0 fully saturated rings. The summed E-state index contributed by atoms with van der Waals surface area (Å²) in [6.45, 7) is 0. The normalized spacial score (nSPS) is 10.3. The van der Waals surface area contributed by atoms with E-state index in [4.69, 9.17) is 28.9 Å². The summed E-state index contributed by atoms with van der Waals surface area (Å²) in [6, 6.07) is 4.21. The van der Waals surface area contributed by atoms with Crippen LogP contribution in [0.25, 0.3) is 0 Å². The topological polar surface area (TPSA) is 63.8 Å². The van der Waals surface area contributed by atoms with Gasteiger partial charge in [0, 0.05) is 5.02 Å². The number of hydrogen-bond acceptors (Lipinski definition) is 4. The molecule has 88 valence electrons. The SMILES string of the molecule is Nc1c(Cl)ncnc1Nc1ccc(Cl)cc1F. The fourth-order valence-electron chi connectivity index (χ4n) is 1.19. The minimum atomic E-state index is -0.508. The largest absolute Gasteiger partial charge is 0.393 e. The lowest BCUT2D eigenvalue weighted by Crippen LogP contribution is -2.02. The Bertz CT molecular complexity index is 562. The second-order valence-electron chi connectivity index (χ2n) is 3.18. The van der Waals surface area contributed by atoms with Crippen molar-refractivity contribution in [3.63, 3.8) is 0 Å². The minimum Gasteiger partial charge on any atom is -0.393 e. The summed E-state index contributed by atoms with van der Waals surface area (Å²) in [5, 5.41) is 3.13. The molecule has 0 amide bonds. The van der Waals surface area contributed by atoms with Crippen molar-refractivity contribution in [2.75, 3.05) is 11.1 Å². The van der Waals surface area contributed by atoms with Crippen molar-refractivity contribution in [1.29, 1.82) is 0 Å². The summed E-state index contributed by atoms with van der Waals surface area (Å²) < 4.78 is 13.5. The Morgan fingerprint density at radius 1 is 1.24 bits per heavy atom. The molecule has 0 atom stereocenters. The van der Waals surface area contributed by atoms with Crippen molar-refractivity contribution in [3.8, 4) is 0 Å². The smallest absolute Gasteiger partial charge is 0.158 e. The molecular formula is C10H7Cl2FN4. The number of nitrogens with two attached hydrogens (primary N) is 1. The third-order valence-corrected chi connectivity index (χ3v) is 2.56. The number of nitrogens with one attached hydrogen (secondary N) is 1. The molecule has 2 aromatic rings. The summed E-state index contributed by atoms with van der Waals surface area (Å²) in [4.78, 5) is 7.56. The Kier molecular flexibility index (Phi) is 3.31. The lowest BCUT2D eigenvalue weighted by molar-refractivity contribution is 0.632. The van der Waals surface area contributed by atoms with Gasteiger partial charge in [-0.3, -0.25) is 0 Å². The zero-order valence-corrected chi connectivity index (χ0v) is 9.93. The van der Waals surface area contributed by atoms with Gasteiger partial charge in [0.2, 0.25) is 0 Å². The molecule has 1 aromatic carbocycles. The number of anilines is 3. The quantitative estimate of drug-likeness (QED) is 0.824. The minimum absolute atomic E-state index is 0.108. The van der Waals surface area contributed by atoms with E-state index in [1.54, 1.807) is 6.07 Å². The maximum atomic E-state index is 13.5. The van der Waals surface area contributed by atoms with E-state index in [1.165, 1.54) is 18.5 Å². The molecule has 0 saturated heterocycles. The standard InChI is InChI=1S/C10H7Cl2FN4/c11-5-1-2-7(6(13)3-5)17-10-8(14)9(12)15-4-16-10/h1-4H,14H2,(H,15,16,17). The first-order valence-electron chi connectivity index (χ1n) is 4.56. The summed E-state index contributed by atoms with van der Waals surface area (Å²) in [5.74, 6) is -0.266. The highest BCUT2D eigenvalue weighted by Crippen LogP contribution is 2.27. The van der Waals surface area contributed by atoms with Gasteiger partial charge < -0.3 is 11.1 Å². The van der Waals surface area contributed by atoms with Crippen molar-refractivity contribution < 1.29 is 4.39 Å². The molecule has 0 bridgehead atoms. The van der Waals surface area contributed by atoms with E-state index in [0.29, 0.717) is 5.02 Å². The van der Waals surface area contributed by atoms with Crippen LogP contribution in [0.5, 0.6) is 0 Å². The Labute approximate surface area is 107 Å². The van der Waals surface area contributed by atoms with Crippen molar-refractivity contribution in [2.24, 2.45) is 0 Å². The second kappa shape index (κ2) is 4.73. The lowest BCUT2D eigenvalue weighted by Gasteiger charge is -2.09. The first kappa shape index (κ1) is 11.9. The summed E-state index contributed by atoms with van der Waals surface area (Å²) in [5.41, 5.74) is 6.00.